The molecule has 1 nitrogen and oxygen atoms in total. The second-order valence-electron chi connectivity index (χ2n) is 2.73. The maximum atomic E-state index is 5.44. The molecule has 0 saturated heterocycles. The van der Waals surface area contributed by atoms with Crippen molar-refractivity contribution in [2.75, 3.05) is 6.54 Å². The van der Waals surface area contributed by atoms with Gasteiger partial charge in [-0.1, -0.05) is 31.2 Å². The maximum absolute atomic E-state index is 5.44. The standard InChI is InChI=1S/C9H17N/c1-4-8(2)5-6-9(3)7-10/h4-5,9H,1,6-7,10H2,2-3H3/b8-5-/t9-/m0/s1. The van der Waals surface area contributed by atoms with Crippen molar-refractivity contribution >= 4 is 0 Å². The first kappa shape index (κ1) is 9.44. The lowest BCUT2D eigenvalue weighted by molar-refractivity contribution is 0.605. The zero-order valence-electron chi connectivity index (χ0n) is 6.93. The third-order valence-corrected chi connectivity index (χ3v) is 1.57. The average molecular weight is 139 g/mol. The van der Waals surface area contributed by atoms with Gasteiger partial charge in [0.15, 0.2) is 0 Å². The van der Waals surface area contributed by atoms with Gasteiger partial charge in [-0.25, -0.2) is 0 Å². The minimum Gasteiger partial charge on any atom is -0.330 e. The Kier molecular flexibility index (Phi) is 4.95. The van der Waals surface area contributed by atoms with Crippen molar-refractivity contribution in [3.63, 3.8) is 0 Å². The van der Waals surface area contributed by atoms with Crippen LogP contribution in [0.1, 0.15) is 20.3 Å². The van der Waals surface area contributed by atoms with E-state index in [2.05, 4.69) is 26.5 Å². The minimum absolute atomic E-state index is 0.592. The number of hydrogen-bond acceptors (Lipinski definition) is 1. The summed E-state index contributed by atoms with van der Waals surface area (Å²) in [4.78, 5) is 0. The van der Waals surface area contributed by atoms with Gasteiger partial charge in [0.25, 0.3) is 0 Å². The summed E-state index contributed by atoms with van der Waals surface area (Å²) in [5, 5.41) is 0. The summed E-state index contributed by atoms with van der Waals surface area (Å²) in [6.45, 7) is 8.63. The Bertz CT molecular complexity index is 125. The molecular formula is C9H17N. The van der Waals surface area contributed by atoms with Gasteiger partial charge in [0, 0.05) is 0 Å². The number of allylic oxidation sites excluding steroid dienone is 3. The van der Waals surface area contributed by atoms with Crippen LogP contribution in [0.4, 0.5) is 0 Å². The molecule has 58 valence electrons. The van der Waals surface area contributed by atoms with Crippen LogP contribution in [0.25, 0.3) is 0 Å². The first-order chi connectivity index (χ1) is 4.70. The Morgan fingerprint density at radius 1 is 1.70 bits per heavy atom. The maximum Gasteiger partial charge on any atom is -0.00485 e. The van der Waals surface area contributed by atoms with Crippen LogP contribution >= 0.6 is 0 Å². The molecule has 0 aliphatic carbocycles. The SMILES string of the molecule is C=C/C(C)=C\C[C@H](C)CN. The zero-order chi connectivity index (χ0) is 7.98. The van der Waals surface area contributed by atoms with Crippen LogP contribution in [0.15, 0.2) is 24.3 Å². The Hall–Kier alpha value is -0.560. The number of hydrogen-bond donors (Lipinski definition) is 1. The molecule has 0 saturated carbocycles. The summed E-state index contributed by atoms with van der Waals surface area (Å²) in [7, 11) is 0. The van der Waals surface area contributed by atoms with Crippen molar-refractivity contribution in [1.82, 2.24) is 0 Å². The van der Waals surface area contributed by atoms with E-state index in [1.165, 1.54) is 5.57 Å². The van der Waals surface area contributed by atoms with Crippen molar-refractivity contribution in [2.45, 2.75) is 20.3 Å². The molecule has 0 unspecified atom stereocenters. The third kappa shape index (κ3) is 4.33. The van der Waals surface area contributed by atoms with Gasteiger partial charge in [-0.05, 0) is 25.8 Å². The average Bonchev–Trinajstić information content (AvgIpc) is 1.99. The summed E-state index contributed by atoms with van der Waals surface area (Å²) in [5.74, 6) is 0.592. The van der Waals surface area contributed by atoms with Crippen LogP contribution in [0.5, 0.6) is 0 Å². The van der Waals surface area contributed by atoms with E-state index >= 15 is 0 Å². The number of nitrogens with two attached hydrogens (primary N) is 1. The Labute approximate surface area is 63.6 Å². The fourth-order valence-electron chi connectivity index (χ4n) is 0.567. The van der Waals surface area contributed by atoms with Crippen molar-refractivity contribution in [2.24, 2.45) is 11.7 Å². The molecule has 2 N–H and O–H groups in total. The van der Waals surface area contributed by atoms with Gasteiger partial charge in [0.1, 0.15) is 0 Å². The van der Waals surface area contributed by atoms with E-state index in [0.717, 1.165) is 13.0 Å². The second kappa shape index (κ2) is 5.24. The predicted molar refractivity (Wildman–Crippen MR) is 46.8 cm³/mol. The van der Waals surface area contributed by atoms with E-state index in [1.54, 1.807) is 0 Å². The lowest BCUT2D eigenvalue weighted by atomic mass is 10.1. The summed E-state index contributed by atoms with van der Waals surface area (Å²) in [5.41, 5.74) is 6.68. The van der Waals surface area contributed by atoms with E-state index in [4.69, 9.17) is 5.73 Å². The van der Waals surface area contributed by atoms with Gasteiger partial charge < -0.3 is 5.73 Å². The minimum atomic E-state index is 0.592. The summed E-state index contributed by atoms with van der Waals surface area (Å²) in [6, 6.07) is 0. The summed E-state index contributed by atoms with van der Waals surface area (Å²) < 4.78 is 0. The smallest absolute Gasteiger partial charge is 0.00485 e. The lowest BCUT2D eigenvalue weighted by Crippen LogP contribution is -2.09. The van der Waals surface area contributed by atoms with E-state index in [-0.39, 0.29) is 0 Å². The highest BCUT2D eigenvalue weighted by Gasteiger charge is 1.93. The van der Waals surface area contributed by atoms with E-state index in [0.29, 0.717) is 5.92 Å². The largest absolute Gasteiger partial charge is 0.330 e. The van der Waals surface area contributed by atoms with E-state index < -0.39 is 0 Å². The Morgan fingerprint density at radius 3 is 2.70 bits per heavy atom. The molecule has 0 rings (SSSR count). The number of rotatable bonds is 4. The predicted octanol–water partition coefficient (Wildman–Crippen LogP) is 2.10. The molecule has 1 atom stereocenters. The first-order valence-corrected chi connectivity index (χ1v) is 3.70. The van der Waals surface area contributed by atoms with Gasteiger partial charge in [-0.2, -0.15) is 0 Å². The van der Waals surface area contributed by atoms with Crippen LogP contribution < -0.4 is 5.73 Å². The van der Waals surface area contributed by atoms with Crippen molar-refractivity contribution in [3.8, 4) is 0 Å². The Balaban J connectivity index is 3.60. The molecule has 0 heterocycles. The summed E-state index contributed by atoms with van der Waals surface area (Å²) >= 11 is 0. The van der Waals surface area contributed by atoms with Crippen LogP contribution in [0.2, 0.25) is 0 Å². The second-order valence-corrected chi connectivity index (χ2v) is 2.73. The first-order valence-electron chi connectivity index (χ1n) is 3.70. The van der Waals surface area contributed by atoms with Crippen LogP contribution in [0.3, 0.4) is 0 Å². The van der Waals surface area contributed by atoms with Crippen molar-refractivity contribution in [1.29, 1.82) is 0 Å². The van der Waals surface area contributed by atoms with E-state index in [1.807, 2.05) is 6.08 Å². The van der Waals surface area contributed by atoms with Crippen LogP contribution in [-0.2, 0) is 0 Å². The zero-order valence-corrected chi connectivity index (χ0v) is 6.93. The van der Waals surface area contributed by atoms with Crippen molar-refractivity contribution in [3.05, 3.63) is 24.3 Å². The highest BCUT2D eigenvalue weighted by atomic mass is 14.5. The molecule has 0 aromatic heterocycles. The molecule has 1 heteroatoms. The molecule has 10 heavy (non-hydrogen) atoms. The topological polar surface area (TPSA) is 26.0 Å². The lowest BCUT2D eigenvalue weighted by Gasteiger charge is -2.02. The van der Waals surface area contributed by atoms with Gasteiger partial charge >= 0.3 is 0 Å². The monoisotopic (exact) mass is 139 g/mol. The molecule has 0 amide bonds. The third-order valence-electron chi connectivity index (χ3n) is 1.57. The molecule has 0 aliphatic heterocycles. The van der Waals surface area contributed by atoms with Gasteiger partial charge in [-0.3, -0.25) is 0 Å². The molecule has 0 fully saturated rings. The van der Waals surface area contributed by atoms with Gasteiger partial charge in [0.05, 0.1) is 0 Å². The molecule has 0 spiro atoms. The van der Waals surface area contributed by atoms with E-state index in [9.17, 15) is 0 Å². The molecular weight excluding hydrogens is 122 g/mol. The normalized spacial score (nSPS) is 14.9. The molecule has 0 aliphatic rings. The molecule has 0 aromatic rings. The quantitative estimate of drug-likeness (QED) is 0.593. The van der Waals surface area contributed by atoms with Gasteiger partial charge in [0.2, 0.25) is 0 Å². The molecule has 0 bridgehead atoms. The molecule has 0 radical (unpaired) electrons. The Morgan fingerprint density at radius 2 is 2.30 bits per heavy atom. The van der Waals surface area contributed by atoms with Crippen LogP contribution in [0, 0.1) is 5.92 Å². The fourth-order valence-corrected chi connectivity index (χ4v) is 0.567. The van der Waals surface area contributed by atoms with Crippen LogP contribution in [-0.4, -0.2) is 6.54 Å². The van der Waals surface area contributed by atoms with Gasteiger partial charge in [-0.15, -0.1) is 0 Å². The fraction of sp³-hybridized carbons (Fsp3) is 0.556. The highest BCUT2D eigenvalue weighted by molar-refractivity contribution is 5.12. The van der Waals surface area contributed by atoms with Crippen molar-refractivity contribution < 1.29 is 0 Å². The summed E-state index contributed by atoms with van der Waals surface area (Å²) in [6.07, 6.45) is 5.10. The highest BCUT2D eigenvalue weighted by Crippen LogP contribution is 2.03. The molecule has 0 aromatic carbocycles.